The lowest BCUT2D eigenvalue weighted by Crippen LogP contribution is -2.08. The minimum absolute atomic E-state index is 0.0126. The first-order valence-electron chi connectivity index (χ1n) is 12.0. The summed E-state index contributed by atoms with van der Waals surface area (Å²) in [6.07, 6.45) is 6.70. The second kappa shape index (κ2) is 10.0. The van der Waals surface area contributed by atoms with Crippen LogP contribution in [-0.2, 0) is 26.9 Å². The number of aromatic nitrogens is 5. The van der Waals surface area contributed by atoms with Crippen LogP contribution in [0.3, 0.4) is 0 Å². The predicted octanol–water partition coefficient (Wildman–Crippen LogP) is 5.71. The number of nitrogens with zero attached hydrogens (tertiary/aromatic N) is 6. The predicted molar refractivity (Wildman–Crippen MR) is 139 cm³/mol. The van der Waals surface area contributed by atoms with E-state index < -0.39 is 22.7 Å². The maximum absolute atomic E-state index is 14.4. The SMILES string of the molecule is C[C@@H](Oc1cc(Br)cnc1[N+](=O)[O-])c1cc(F)ccc1-c1nn(C)cc1Cc1cc(CC2CC2)nn1C. The van der Waals surface area contributed by atoms with Gasteiger partial charge in [-0.25, -0.2) is 4.39 Å². The zero-order chi connectivity index (χ0) is 26.3. The average Bonchev–Trinajstić information content (AvgIpc) is 3.48. The summed E-state index contributed by atoms with van der Waals surface area (Å²) >= 11 is 3.28. The van der Waals surface area contributed by atoms with Crippen LogP contribution >= 0.6 is 15.9 Å². The van der Waals surface area contributed by atoms with Crippen LogP contribution in [0.4, 0.5) is 10.2 Å². The molecule has 11 heteroatoms. The van der Waals surface area contributed by atoms with Gasteiger partial charge in [0.05, 0.1) is 15.9 Å². The summed E-state index contributed by atoms with van der Waals surface area (Å²) in [5.74, 6) is -0.118. The lowest BCUT2D eigenvalue weighted by molar-refractivity contribution is -0.390. The Labute approximate surface area is 221 Å². The molecule has 192 valence electrons. The highest BCUT2D eigenvalue weighted by atomic mass is 79.9. The van der Waals surface area contributed by atoms with E-state index in [1.54, 1.807) is 17.7 Å². The van der Waals surface area contributed by atoms with Crippen molar-refractivity contribution < 1.29 is 14.1 Å². The van der Waals surface area contributed by atoms with Gasteiger partial charge in [-0.1, -0.05) is 0 Å². The number of ether oxygens (including phenoxy) is 1. The molecule has 0 radical (unpaired) electrons. The van der Waals surface area contributed by atoms with Crippen LogP contribution in [0.2, 0.25) is 0 Å². The van der Waals surface area contributed by atoms with E-state index in [1.807, 2.05) is 25.0 Å². The molecule has 0 aliphatic heterocycles. The molecule has 5 rings (SSSR count). The number of nitro groups is 1. The molecule has 0 unspecified atom stereocenters. The lowest BCUT2D eigenvalue weighted by Gasteiger charge is -2.18. The van der Waals surface area contributed by atoms with Gasteiger partial charge in [-0.2, -0.15) is 10.2 Å². The minimum Gasteiger partial charge on any atom is -0.478 e. The van der Waals surface area contributed by atoms with Crippen LogP contribution in [0, 0.1) is 21.8 Å². The number of aryl methyl sites for hydroxylation is 2. The van der Waals surface area contributed by atoms with Gasteiger partial charge in [-0.15, -0.1) is 0 Å². The topological polar surface area (TPSA) is 101 Å². The van der Waals surface area contributed by atoms with Gasteiger partial charge >= 0.3 is 5.82 Å². The molecule has 3 aromatic heterocycles. The first-order valence-corrected chi connectivity index (χ1v) is 12.8. The van der Waals surface area contributed by atoms with Crippen molar-refractivity contribution in [2.75, 3.05) is 0 Å². The molecule has 0 bridgehead atoms. The Balaban J connectivity index is 1.49. The van der Waals surface area contributed by atoms with Crippen LogP contribution < -0.4 is 4.74 Å². The molecule has 0 spiro atoms. The highest BCUT2D eigenvalue weighted by molar-refractivity contribution is 9.10. The first-order chi connectivity index (χ1) is 17.7. The molecule has 1 aliphatic rings. The van der Waals surface area contributed by atoms with E-state index in [2.05, 4.69) is 32.1 Å². The maximum atomic E-state index is 14.4. The standard InChI is InChI=1S/C26H26BrFN6O3/c1-15(37-24-10-18(27)13-29-26(24)34(35)36)23-11-19(28)6-7-22(23)25-17(14-32(2)31-25)9-21-12-20(30-33(21)3)8-16-4-5-16/h6-7,10-16H,4-5,8-9H2,1-3H3/t15-/m1/s1. The second-order valence-corrected chi connectivity index (χ2v) is 10.4. The fourth-order valence-electron chi connectivity index (χ4n) is 4.52. The number of benzene rings is 1. The summed E-state index contributed by atoms with van der Waals surface area (Å²) in [5.41, 5.74) is 5.02. The quantitative estimate of drug-likeness (QED) is 0.189. The molecule has 4 aromatic rings. The third-order valence-corrected chi connectivity index (χ3v) is 6.91. The largest absolute Gasteiger partial charge is 0.478 e. The van der Waals surface area contributed by atoms with Crippen molar-refractivity contribution in [1.82, 2.24) is 24.5 Å². The zero-order valence-electron chi connectivity index (χ0n) is 20.7. The Hall–Kier alpha value is -3.60. The van der Waals surface area contributed by atoms with E-state index in [0.29, 0.717) is 27.7 Å². The number of hydrogen-bond donors (Lipinski definition) is 0. The van der Waals surface area contributed by atoms with Gasteiger partial charge in [-0.05, 0) is 82.2 Å². The molecule has 37 heavy (non-hydrogen) atoms. The van der Waals surface area contributed by atoms with Gasteiger partial charge in [0, 0.05) is 55.2 Å². The van der Waals surface area contributed by atoms with E-state index >= 15 is 0 Å². The minimum atomic E-state index is -0.725. The third-order valence-electron chi connectivity index (χ3n) is 6.48. The van der Waals surface area contributed by atoms with Crippen molar-refractivity contribution in [3.05, 3.63) is 85.6 Å². The Morgan fingerprint density at radius 2 is 2.03 bits per heavy atom. The molecular weight excluding hydrogens is 543 g/mol. The van der Waals surface area contributed by atoms with E-state index in [-0.39, 0.29) is 5.75 Å². The van der Waals surface area contributed by atoms with Crippen molar-refractivity contribution in [3.8, 4) is 17.0 Å². The van der Waals surface area contributed by atoms with Gasteiger partial charge in [0.15, 0.2) is 6.20 Å². The molecule has 1 atom stereocenters. The first kappa shape index (κ1) is 25.1. The van der Waals surface area contributed by atoms with Crippen molar-refractivity contribution in [3.63, 3.8) is 0 Å². The van der Waals surface area contributed by atoms with Crippen molar-refractivity contribution in [1.29, 1.82) is 0 Å². The molecule has 3 heterocycles. The Kier molecular flexibility index (Phi) is 6.80. The lowest BCUT2D eigenvalue weighted by atomic mass is 9.96. The van der Waals surface area contributed by atoms with Crippen molar-refractivity contribution in [2.24, 2.45) is 20.0 Å². The van der Waals surface area contributed by atoms with E-state index in [0.717, 1.165) is 29.3 Å². The van der Waals surface area contributed by atoms with Crippen molar-refractivity contribution in [2.45, 2.75) is 38.7 Å². The van der Waals surface area contributed by atoms with Gasteiger partial charge < -0.3 is 14.9 Å². The fourth-order valence-corrected chi connectivity index (χ4v) is 4.83. The number of pyridine rings is 1. The number of rotatable bonds is 9. The van der Waals surface area contributed by atoms with Crippen LogP contribution in [0.5, 0.6) is 5.75 Å². The average molecular weight is 569 g/mol. The normalized spacial score (nSPS) is 14.1. The van der Waals surface area contributed by atoms with Crippen molar-refractivity contribution >= 4 is 21.7 Å². The van der Waals surface area contributed by atoms with Crippen LogP contribution in [0.25, 0.3) is 11.3 Å². The van der Waals surface area contributed by atoms with Gasteiger partial charge in [0.2, 0.25) is 5.75 Å². The smallest absolute Gasteiger partial charge is 0.406 e. The molecule has 1 fully saturated rings. The highest BCUT2D eigenvalue weighted by Crippen LogP contribution is 2.37. The summed E-state index contributed by atoms with van der Waals surface area (Å²) in [5, 5.41) is 20.9. The van der Waals surface area contributed by atoms with Gasteiger partial charge in [0.1, 0.15) is 11.9 Å². The Bertz CT molecular complexity index is 1480. The molecular formula is C26H26BrFN6O3. The third kappa shape index (κ3) is 5.56. The molecule has 1 aromatic carbocycles. The Morgan fingerprint density at radius 1 is 1.24 bits per heavy atom. The van der Waals surface area contributed by atoms with Crippen LogP contribution in [0.15, 0.2) is 47.2 Å². The monoisotopic (exact) mass is 568 g/mol. The van der Waals surface area contributed by atoms with Gasteiger partial charge in [0.25, 0.3) is 0 Å². The highest BCUT2D eigenvalue weighted by Gasteiger charge is 2.25. The second-order valence-electron chi connectivity index (χ2n) is 9.48. The zero-order valence-corrected chi connectivity index (χ0v) is 22.3. The molecule has 1 saturated carbocycles. The van der Waals surface area contributed by atoms with E-state index in [4.69, 9.17) is 9.84 Å². The number of halogens is 2. The summed E-state index contributed by atoms with van der Waals surface area (Å²) in [4.78, 5) is 14.7. The van der Waals surface area contributed by atoms with Crippen LogP contribution in [-0.4, -0.2) is 29.5 Å². The molecule has 0 amide bonds. The van der Waals surface area contributed by atoms with E-state index in [1.165, 1.54) is 37.2 Å². The van der Waals surface area contributed by atoms with Crippen LogP contribution in [0.1, 0.15) is 48.4 Å². The van der Waals surface area contributed by atoms with Gasteiger partial charge in [-0.3, -0.25) is 9.36 Å². The molecule has 9 nitrogen and oxygen atoms in total. The summed E-state index contributed by atoms with van der Waals surface area (Å²) in [6.45, 7) is 1.72. The summed E-state index contributed by atoms with van der Waals surface area (Å²) in [6, 6.07) is 8.06. The fraction of sp³-hybridized carbons (Fsp3) is 0.346. The Morgan fingerprint density at radius 3 is 2.76 bits per heavy atom. The number of hydrogen-bond acceptors (Lipinski definition) is 6. The molecule has 0 saturated heterocycles. The maximum Gasteiger partial charge on any atom is 0.406 e. The van der Waals surface area contributed by atoms with E-state index in [9.17, 15) is 14.5 Å². The molecule has 0 N–H and O–H groups in total. The molecule has 1 aliphatic carbocycles. The summed E-state index contributed by atoms with van der Waals surface area (Å²) in [7, 11) is 3.79. The summed E-state index contributed by atoms with van der Waals surface area (Å²) < 4.78 is 24.6.